The van der Waals surface area contributed by atoms with Gasteiger partial charge in [0.1, 0.15) is 0 Å². The summed E-state index contributed by atoms with van der Waals surface area (Å²) in [6.07, 6.45) is 5.76. The number of rotatable bonds is 1. The smallest absolute Gasteiger partial charge is 0.0976 e. The SMILES string of the molecule is CNC1C=C(N)C=CN1. The molecule has 0 aromatic rings. The summed E-state index contributed by atoms with van der Waals surface area (Å²) in [5, 5.41) is 6.07. The second kappa shape index (κ2) is 2.55. The van der Waals surface area contributed by atoms with Gasteiger partial charge in [-0.05, 0) is 25.4 Å². The van der Waals surface area contributed by atoms with Gasteiger partial charge in [0.25, 0.3) is 0 Å². The maximum atomic E-state index is 5.50. The van der Waals surface area contributed by atoms with E-state index in [1.165, 1.54) is 0 Å². The molecule has 1 rings (SSSR count). The summed E-state index contributed by atoms with van der Waals surface area (Å²) in [6, 6.07) is 0. The lowest BCUT2D eigenvalue weighted by molar-refractivity contribution is 0.602. The van der Waals surface area contributed by atoms with Crippen molar-refractivity contribution in [2.45, 2.75) is 6.17 Å². The Hall–Kier alpha value is -0.960. The van der Waals surface area contributed by atoms with E-state index >= 15 is 0 Å². The molecule has 1 aliphatic heterocycles. The van der Waals surface area contributed by atoms with Crippen LogP contribution in [0.4, 0.5) is 0 Å². The molecule has 0 radical (unpaired) electrons. The van der Waals surface area contributed by atoms with Gasteiger partial charge < -0.3 is 11.1 Å². The maximum absolute atomic E-state index is 5.50. The Balaban J connectivity index is 2.55. The molecule has 0 aromatic heterocycles. The van der Waals surface area contributed by atoms with E-state index < -0.39 is 0 Å². The predicted molar refractivity (Wildman–Crippen MR) is 37.4 cm³/mol. The van der Waals surface area contributed by atoms with E-state index in [9.17, 15) is 0 Å². The minimum atomic E-state index is 0.190. The highest BCUT2D eigenvalue weighted by Gasteiger charge is 2.00. The summed E-state index contributed by atoms with van der Waals surface area (Å²) in [6.45, 7) is 0. The number of likely N-dealkylation sites (N-methyl/N-ethyl adjacent to an activating group) is 1. The van der Waals surface area contributed by atoms with E-state index in [0.29, 0.717) is 0 Å². The highest BCUT2D eigenvalue weighted by Crippen LogP contribution is 1.94. The standard InChI is InChI=1S/C6H11N3/c1-8-6-4-5(7)2-3-9-6/h2-4,6,8-9H,7H2,1H3. The summed E-state index contributed by atoms with van der Waals surface area (Å²) in [5.74, 6) is 0. The van der Waals surface area contributed by atoms with Crippen molar-refractivity contribution in [3.63, 3.8) is 0 Å². The van der Waals surface area contributed by atoms with Gasteiger partial charge >= 0.3 is 0 Å². The van der Waals surface area contributed by atoms with Crippen molar-refractivity contribution < 1.29 is 0 Å². The van der Waals surface area contributed by atoms with Crippen LogP contribution in [0.1, 0.15) is 0 Å². The van der Waals surface area contributed by atoms with Gasteiger partial charge in [-0.3, -0.25) is 5.32 Å². The predicted octanol–water partition coefficient (Wildman–Crippen LogP) is -0.509. The van der Waals surface area contributed by atoms with Crippen molar-refractivity contribution in [3.8, 4) is 0 Å². The summed E-state index contributed by atoms with van der Waals surface area (Å²) in [7, 11) is 1.88. The molecule has 0 saturated heterocycles. The lowest BCUT2D eigenvalue weighted by Gasteiger charge is -2.15. The van der Waals surface area contributed by atoms with E-state index in [1.807, 2.05) is 25.4 Å². The molecule has 0 saturated carbocycles. The maximum Gasteiger partial charge on any atom is 0.0976 e. The molecule has 1 unspecified atom stereocenters. The van der Waals surface area contributed by atoms with Crippen LogP contribution in [0.25, 0.3) is 0 Å². The Bertz CT molecular complexity index is 148. The summed E-state index contributed by atoms with van der Waals surface area (Å²) >= 11 is 0. The molecule has 1 atom stereocenters. The first-order chi connectivity index (χ1) is 4.33. The Labute approximate surface area is 54.6 Å². The van der Waals surface area contributed by atoms with Gasteiger partial charge in [0, 0.05) is 5.70 Å². The first-order valence-corrected chi connectivity index (χ1v) is 2.90. The van der Waals surface area contributed by atoms with Crippen LogP contribution in [0.15, 0.2) is 24.0 Å². The molecule has 0 spiro atoms. The molecule has 3 heteroatoms. The molecule has 0 aliphatic carbocycles. The third-order valence-electron chi connectivity index (χ3n) is 1.22. The Morgan fingerprint density at radius 3 is 3.00 bits per heavy atom. The van der Waals surface area contributed by atoms with Gasteiger partial charge in [0.15, 0.2) is 0 Å². The summed E-state index contributed by atoms with van der Waals surface area (Å²) < 4.78 is 0. The molecule has 1 heterocycles. The largest absolute Gasteiger partial charge is 0.399 e. The minimum absolute atomic E-state index is 0.190. The molecule has 4 N–H and O–H groups in total. The quantitative estimate of drug-likeness (QED) is 0.442. The topological polar surface area (TPSA) is 50.1 Å². The number of allylic oxidation sites excluding steroid dienone is 1. The van der Waals surface area contributed by atoms with Gasteiger partial charge in [-0.25, -0.2) is 0 Å². The van der Waals surface area contributed by atoms with Gasteiger partial charge in [-0.1, -0.05) is 0 Å². The van der Waals surface area contributed by atoms with Crippen molar-refractivity contribution in [3.05, 3.63) is 24.0 Å². The fourth-order valence-corrected chi connectivity index (χ4v) is 0.711. The number of nitrogens with one attached hydrogen (secondary N) is 2. The fraction of sp³-hybridized carbons (Fsp3) is 0.333. The molecule has 50 valence electrons. The molecule has 0 fully saturated rings. The van der Waals surface area contributed by atoms with E-state index in [2.05, 4.69) is 10.6 Å². The summed E-state index contributed by atoms with van der Waals surface area (Å²) in [5.41, 5.74) is 6.29. The third kappa shape index (κ3) is 1.47. The second-order valence-corrected chi connectivity index (χ2v) is 1.93. The average Bonchev–Trinajstić information content (AvgIpc) is 1.88. The fourth-order valence-electron chi connectivity index (χ4n) is 0.711. The molecule has 0 bridgehead atoms. The van der Waals surface area contributed by atoms with Gasteiger partial charge in [-0.2, -0.15) is 0 Å². The van der Waals surface area contributed by atoms with E-state index in [4.69, 9.17) is 5.73 Å². The van der Waals surface area contributed by atoms with Crippen LogP contribution in [0.3, 0.4) is 0 Å². The highest BCUT2D eigenvalue weighted by atomic mass is 15.1. The minimum Gasteiger partial charge on any atom is -0.399 e. The zero-order valence-electron chi connectivity index (χ0n) is 5.39. The Kier molecular flexibility index (Phi) is 1.75. The molecule has 3 nitrogen and oxygen atoms in total. The van der Waals surface area contributed by atoms with Crippen LogP contribution in [0.5, 0.6) is 0 Å². The monoisotopic (exact) mass is 125 g/mol. The van der Waals surface area contributed by atoms with Crippen molar-refractivity contribution in [1.29, 1.82) is 0 Å². The average molecular weight is 125 g/mol. The first kappa shape index (κ1) is 6.16. The van der Waals surface area contributed by atoms with Crippen molar-refractivity contribution in [1.82, 2.24) is 10.6 Å². The van der Waals surface area contributed by atoms with Gasteiger partial charge in [-0.15, -0.1) is 0 Å². The van der Waals surface area contributed by atoms with Crippen LogP contribution >= 0.6 is 0 Å². The van der Waals surface area contributed by atoms with E-state index in [1.54, 1.807) is 0 Å². The number of hydrogen-bond donors (Lipinski definition) is 3. The molecule has 0 amide bonds. The third-order valence-corrected chi connectivity index (χ3v) is 1.22. The number of nitrogens with two attached hydrogens (primary N) is 1. The molecular weight excluding hydrogens is 114 g/mol. The number of dihydropyridines is 1. The molecular formula is C6H11N3. The van der Waals surface area contributed by atoms with Crippen LogP contribution in [0.2, 0.25) is 0 Å². The van der Waals surface area contributed by atoms with E-state index in [-0.39, 0.29) is 6.17 Å². The zero-order valence-corrected chi connectivity index (χ0v) is 5.39. The van der Waals surface area contributed by atoms with Crippen molar-refractivity contribution >= 4 is 0 Å². The van der Waals surface area contributed by atoms with E-state index in [0.717, 1.165) is 5.70 Å². The van der Waals surface area contributed by atoms with Crippen molar-refractivity contribution in [2.75, 3.05) is 7.05 Å². The normalized spacial score (nSPS) is 25.0. The first-order valence-electron chi connectivity index (χ1n) is 2.90. The van der Waals surface area contributed by atoms with Crippen LogP contribution < -0.4 is 16.4 Å². The Morgan fingerprint density at radius 2 is 2.56 bits per heavy atom. The Morgan fingerprint density at radius 1 is 1.78 bits per heavy atom. The molecule has 1 aliphatic rings. The van der Waals surface area contributed by atoms with Crippen LogP contribution in [0, 0.1) is 0 Å². The lowest BCUT2D eigenvalue weighted by atomic mass is 10.3. The zero-order chi connectivity index (χ0) is 6.69. The van der Waals surface area contributed by atoms with Gasteiger partial charge in [0.2, 0.25) is 0 Å². The highest BCUT2D eigenvalue weighted by molar-refractivity contribution is 5.20. The van der Waals surface area contributed by atoms with Crippen LogP contribution in [-0.4, -0.2) is 13.2 Å². The van der Waals surface area contributed by atoms with Crippen LogP contribution in [-0.2, 0) is 0 Å². The molecule has 9 heavy (non-hydrogen) atoms. The second-order valence-electron chi connectivity index (χ2n) is 1.93. The van der Waals surface area contributed by atoms with Gasteiger partial charge in [0.05, 0.1) is 6.17 Å². The lowest BCUT2D eigenvalue weighted by Crippen LogP contribution is -2.37. The number of hydrogen-bond acceptors (Lipinski definition) is 3. The van der Waals surface area contributed by atoms with Crippen molar-refractivity contribution in [2.24, 2.45) is 5.73 Å². The summed E-state index contributed by atoms with van der Waals surface area (Å²) in [4.78, 5) is 0. The molecule has 0 aromatic carbocycles.